The summed E-state index contributed by atoms with van der Waals surface area (Å²) in [6.45, 7) is 1.29. The molecule has 2 saturated carbocycles. The molecule has 0 aliphatic heterocycles. The van der Waals surface area contributed by atoms with Gasteiger partial charge in [-0.15, -0.1) is 0 Å². The van der Waals surface area contributed by atoms with Crippen LogP contribution in [0.3, 0.4) is 0 Å². The molecule has 1 aromatic rings. The number of benzene rings is 1. The van der Waals surface area contributed by atoms with E-state index in [1.807, 2.05) is 18.2 Å². The third-order valence-corrected chi connectivity index (χ3v) is 3.66. The molecule has 4 nitrogen and oxygen atoms in total. The smallest absolute Gasteiger partial charge is 0.223 e. The lowest BCUT2D eigenvalue weighted by Gasteiger charge is -2.12. The second kappa shape index (κ2) is 6.27. The quantitative estimate of drug-likeness (QED) is 0.762. The molecule has 4 heteroatoms. The van der Waals surface area contributed by atoms with Crippen LogP contribution in [-0.4, -0.2) is 24.6 Å². The Kier molecular flexibility index (Phi) is 4.21. The van der Waals surface area contributed by atoms with Gasteiger partial charge in [-0.25, -0.2) is 0 Å². The first-order valence-corrected chi connectivity index (χ1v) is 7.55. The van der Waals surface area contributed by atoms with Crippen molar-refractivity contribution in [3.63, 3.8) is 0 Å². The third kappa shape index (κ3) is 4.23. The van der Waals surface area contributed by atoms with Crippen molar-refractivity contribution in [2.24, 2.45) is 0 Å². The van der Waals surface area contributed by atoms with E-state index >= 15 is 0 Å². The standard InChI is InChI=1S/C16H22N2O2/c19-16(18-14-7-8-14)9-10-20-15-4-2-1-3-12(15)11-17-13-5-6-13/h1-4,13-14,17H,5-11H2,(H,18,19). The van der Waals surface area contributed by atoms with Gasteiger partial charge >= 0.3 is 0 Å². The zero-order valence-corrected chi connectivity index (χ0v) is 11.7. The minimum Gasteiger partial charge on any atom is -0.493 e. The van der Waals surface area contributed by atoms with Crippen LogP contribution in [0.1, 0.15) is 37.7 Å². The zero-order chi connectivity index (χ0) is 13.8. The Hall–Kier alpha value is -1.55. The zero-order valence-electron chi connectivity index (χ0n) is 11.7. The van der Waals surface area contributed by atoms with Crippen LogP contribution in [0.5, 0.6) is 5.75 Å². The molecule has 2 N–H and O–H groups in total. The van der Waals surface area contributed by atoms with Crippen molar-refractivity contribution in [2.75, 3.05) is 6.61 Å². The van der Waals surface area contributed by atoms with Crippen LogP contribution in [-0.2, 0) is 11.3 Å². The van der Waals surface area contributed by atoms with Gasteiger partial charge in [0.25, 0.3) is 0 Å². The molecule has 0 heterocycles. The predicted octanol–water partition coefficient (Wildman–Crippen LogP) is 1.99. The Balaban J connectivity index is 1.44. The highest BCUT2D eigenvalue weighted by Crippen LogP contribution is 2.23. The molecule has 0 unspecified atom stereocenters. The van der Waals surface area contributed by atoms with Crippen molar-refractivity contribution in [1.82, 2.24) is 10.6 Å². The molecular weight excluding hydrogens is 252 g/mol. The van der Waals surface area contributed by atoms with E-state index in [1.54, 1.807) is 0 Å². The Bertz CT molecular complexity index is 467. The van der Waals surface area contributed by atoms with Crippen LogP contribution in [0.15, 0.2) is 24.3 Å². The van der Waals surface area contributed by atoms with Gasteiger partial charge in [0.05, 0.1) is 13.0 Å². The summed E-state index contributed by atoms with van der Waals surface area (Å²) in [5, 5.41) is 6.46. The lowest BCUT2D eigenvalue weighted by molar-refractivity contribution is -0.121. The molecule has 2 aliphatic rings. The molecular formula is C16H22N2O2. The predicted molar refractivity (Wildman–Crippen MR) is 77.6 cm³/mol. The van der Waals surface area contributed by atoms with E-state index in [0.29, 0.717) is 25.1 Å². The first kappa shape index (κ1) is 13.4. The normalized spacial score (nSPS) is 17.8. The maximum atomic E-state index is 11.6. The van der Waals surface area contributed by atoms with E-state index in [-0.39, 0.29) is 5.91 Å². The highest BCUT2D eigenvalue weighted by Gasteiger charge is 2.23. The number of para-hydroxylation sites is 1. The fourth-order valence-electron chi connectivity index (χ4n) is 2.11. The molecule has 0 spiro atoms. The van der Waals surface area contributed by atoms with E-state index in [2.05, 4.69) is 16.7 Å². The molecule has 0 bridgehead atoms. The van der Waals surface area contributed by atoms with Crippen LogP contribution >= 0.6 is 0 Å². The minimum atomic E-state index is 0.0982. The van der Waals surface area contributed by atoms with E-state index in [0.717, 1.165) is 25.1 Å². The average Bonchev–Trinajstić information content (AvgIpc) is 3.33. The molecule has 2 aliphatic carbocycles. The van der Waals surface area contributed by atoms with Crippen molar-refractivity contribution >= 4 is 5.91 Å². The molecule has 0 atom stereocenters. The summed E-state index contributed by atoms with van der Waals surface area (Å²) in [5.74, 6) is 0.987. The Labute approximate surface area is 119 Å². The fourth-order valence-corrected chi connectivity index (χ4v) is 2.11. The highest BCUT2D eigenvalue weighted by molar-refractivity contribution is 5.76. The number of carbonyl (C=O) groups excluding carboxylic acids is 1. The van der Waals surface area contributed by atoms with Crippen LogP contribution in [0.4, 0.5) is 0 Å². The van der Waals surface area contributed by atoms with Crippen molar-refractivity contribution in [3.8, 4) is 5.75 Å². The summed E-state index contributed by atoms with van der Waals surface area (Å²) in [7, 11) is 0. The van der Waals surface area contributed by atoms with Gasteiger partial charge in [-0.1, -0.05) is 18.2 Å². The Morgan fingerprint density at radius 2 is 1.90 bits per heavy atom. The summed E-state index contributed by atoms with van der Waals surface area (Å²) in [4.78, 5) is 11.6. The van der Waals surface area contributed by atoms with Crippen LogP contribution in [0.2, 0.25) is 0 Å². The summed E-state index contributed by atoms with van der Waals surface area (Å²) in [6.07, 6.45) is 5.25. The lowest BCUT2D eigenvalue weighted by Crippen LogP contribution is -2.26. The Morgan fingerprint density at radius 1 is 1.15 bits per heavy atom. The van der Waals surface area contributed by atoms with Crippen LogP contribution < -0.4 is 15.4 Å². The largest absolute Gasteiger partial charge is 0.493 e. The highest BCUT2D eigenvalue weighted by atomic mass is 16.5. The van der Waals surface area contributed by atoms with Gasteiger partial charge < -0.3 is 15.4 Å². The molecule has 3 rings (SSSR count). The van der Waals surface area contributed by atoms with E-state index in [4.69, 9.17) is 4.74 Å². The lowest BCUT2D eigenvalue weighted by atomic mass is 10.2. The van der Waals surface area contributed by atoms with Crippen molar-refractivity contribution in [3.05, 3.63) is 29.8 Å². The Morgan fingerprint density at radius 3 is 2.65 bits per heavy atom. The topological polar surface area (TPSA) is 50.4 Å². The third-order valence-electron chi connectivity index (χ3n) is 3.66. The van der Waals surface area contributed by atoms with E-state index in [1.165, 1.54) is 18.4 Å². The number of ether oxygens (including phenoxy) is 1. The van der Waals surface area contributed by atoms with E-state index < -0.39 is 0 Å². The number of carbonyl (C=O) groups is 1. The maximum absolute atomic E-state index is 11.6. The maximum Gasteiger partial charge on any atom is 0.223 e. The van der Waals surface area contributed by atoms with Gasteiger partial charge in [0.15, 0.2) is 0 Å². The molecule has 1 aromatic carbocycles. The number of amides is 1. The average molecular weight is 274 g/mol. The molecule has 2 fully saturated rings. The molecule has 1 amide bonds. The summed E-state index contributed by atoms with van der Waals surface area (Å²) in [5.41, 5.74) is 1.17. The molecule has 108 valence electrons. The van der Waals surface area contributed by atoms with Crippen LogP contribution in [0, 0.1) is 0 Å². The van der Waals surface area contributed by atoms with Gasteiger partial charge in [0.2, 0.25) is 5.91 Å². The molecule has 0 radical (unpaired) electrons. The molecule has 0 aromatic heterocycles. The number of hydrogen-bond donors (Lipinski definition) is 2. The molecule has 0 saturated heterocycles. The minimum absolute atomic E-state index is 0.0982. The van der Waals surface area contributed by atoms with Crippen molar-refractivity contribution in [1.29, 1.82) is 0 Å². The summed E-state index contributed by atoms with van der Waals surface area (Å²) >= 11 is 0. The van der Waals surface area contributed by atoms with Crippen molar-refractivity contribution < 1.29 is 9.53 Å². The van der Waals surface area contributed by atoms with Gasteiger partial charge in [-0.2, -0.15) is 0 Å². The fraction of sp³-hybridized carbons (Fsp3) is 0.562. The number of nitrogens with one attached hydrogen (secondary N) is 2. The van der Waals surface area contributed by atoms with Crippen molar-refractivity contribution in [2.45, 2.75) is 50.7 Å². The monoisotopic (exact) mass is 274 g/mol. The van der Waals surface area contributed by atoms with Gasteiger partial charge in [-0.3, -0.25) is 4.79 Å². The molecule has 20 heavy (non-hydrogen) atoms. The first-order chi connectivity index (χ1) is 9.81. The second-order valence-electron chi connectivity index (χ2n) is 5.70. The number of rotatable bonds is 8. The van der Waals surface area contributed by atoms with Gasteiger partial charge in [0.1, 0.15) is 5.75 Å². The first-order valence-electron chi connectivity index (χ1n) is 7.55. The second-order valence-corrected chi connectivity index (χ2v) is 5.70. The summed E-state index contributed by atoms with van der Waals surface area (Å²) in [6, 6.07) is 9.17. The van der Waals surface area contributed by atoms with E-state index in [9.17, 15) is 4.79 Å². The SMILES string of the molecule is O=C(CCOc1ccccc1CNC1CC1)NC1CC1. The van der Waals surface area contributed by atoms with Crippen LogP contribution in [0.25, 0.3) is 0 Å². The van der Waals surface area contributed by atoms with Gasteiger partial charge in [-0.05, 0) is 31.7 Å². The number of hydrogen-bond acceptors (Lipinski definition) is 3. The summed E-state index contributed by atoms with van der Waals surface area (Å²) < 4.78 is 5.76. The van der Waals surface area contributed by atoms with Gasteiger partial charge in [0, 0.05) is 24.2 Å².